The lowest BCUT2D eigenvalue weighted by molar-refractivity contribution is 0.165. The van der Waals surface area contributed by atoms with Crippen LogP contribution in [0.4, 0.5) is 0 Å². The van der Waals surface area contributed by atoms with Gasteiger partial charge >= 0.3 is 0 Å². The van der Waals surface area contributed by atoms with Crippen LogP contribution in [0.5, 0.6) is 0 Å². The number of hydrogen-bond acceptors (Lipinski definition) is 4. The molecule has 5 heteroatoms. The molecule has 0 aliphatic heterocycles. The van der Waals surface area contributed by atoms with E-state index in [-0.39, 0.29) is 12.1 Å². The van der Waals surface area contributed by atoms with E-state index in [2.05, 4.69) is 24.1 Å². The van der Waals surface area contributed by atoms with Crippen molar-refractivity contribution in [1.82, 2.24) is 14.9 Å². The molecule has 0 radical (unpaired) electrons. The number of aryl methyl sites for hydroxylation is 1. The van der Waals surface area contributed by atoms with E-state index in [1.165, 1.54) is 0 Å². The van der Waals surface area contributed by atoms with Gasteiger partial charge in [0.1, 0.15) is 0 Å². The second-order valence-electron chi connectivity index (χ2n) is 4.88. The Morgan fingerprint density at radius 1 is 1.50 bits per heavy atom. The first-order valence-electron chi connectivity index (χ1n) is 6.57. The van der Waals surface area contributed by atoms with Gasteiger partial charge in [0.05, 0.1) is 6.61 Å². The third kappa shape index (κ3) is 5.00. The molecule has 18 heavy (non-hydrogen) atoms. The minimum atomic E-state index is -0.122. The summed E-state index contributed by atoms with van der Waals surface area (Å²) in [5, 5.41) is 13.8. The summed E-state index contributed by atoms with van der Waals surface area (Å²) in [6, 6.07) is 0. The zero-order valence-corrected chi connectivity index (χ0v) is 12.5. The molecule has 1 aromatic rings. The molecule has 0 fully saturated rings. The average molecular weight is 271 g/mol. The van der Waals surface area contributed by atoms with Crippen molar-refractivity contribution < 1.29 is 5.11 Å². The molecule has 0 aliphatic rings. The predicted molar refractivity (Wildman–Crippen MR) is 77.0 cm³/mol. The van der Waals surface area contributed by atoms with Crippen LogP contribution < -0.4 is 5.32 Å². The molecule has 0 spiro atoms. The summed E-state index contributed by atoms with van der Waals surface area (Å²) in [7, 11) is 2.02. The molecular formula is C13H25N3OS. The zero-order valence-electron chi connectivity index (χ0n) is 11.6. The number of nitrogens with zero attached hydrogens (tertiary/aromatic N) is 2. The van der Waals surface area contributed by atoms with Crippen LogP contribution in [0.2, 0.25) is 0 Å². The monoisotopic (exact) mass is 271 g/mol. The summed E-state index contributed by atoms with van der Waals surface area (Å²) in [5.41, 5.74) is -0.122. The Morgan fingerprint density at radius 3 is 2.83 bits per heavy atom. The van der Waals surface area contributed by atoms with Gasteiger partial charge in [-0.15, -0.1) is 0 Å². The maximum absolute atomic E-state index is 9.38. The van der Waals surface area contributed by atoms with Crippen LogP contribution in [0, 0.1) is 0 Å². The Hall–Kier alpha value is -0.520. The van der Waals surface area contributed by atoms with Gasteiger partial charge in [0.15, 0.2) is 5.16 Å². The van der Waals surface area contributed by atoms with Gasteiger partial charge in [-0.1, -0.05) is 25.1 Å². The van der Waals surface area contributed by atoms with Crippen LogP contribution in [0.25, 0.3) is 0 Å². The fraction of sp³-hybridized carbons (Fsp3) is 0.769. The van der Waals surface area contributed by atoms with E-state index in [9.17, 15) is 5.11 Å². The Bertz CT molecular complexity index is 343. The van der Waals surface area contributed by atoms with Crippen LogP contribution in [0.1, 0.15) is 33.1 Å². The van der Waals surface area contributed by atoms with Crippen molar-refractivity contribution >= 4 is 11.8 Å². The summed E-state index contributed by atoms with van der Waals surface area (Å²) in [4.78, 5) is 4.28. The maximum Gasteiger partial charge on any atom is 0.167 e. The second-order valence-corrected chi connectivity index (χ2v) is 5.94. The fourth-order valence-electron chi connectivity index (χ4n) is 1.92. The lowest BCUT2D eigenvalue weighted by Crippen LogP contribution is -2.45. The number of rotatable bonds is 9. The van der Waals surface area contributed by atoms with Crippen LogP contribution in [-0.4, -0.2) is 39.1 Å². The van der Waals surface area contributed by atoms with Crippen LogP contribution >= 0.6 is 11.8 Å². The number of unbranched alkanes of at least 4 members (excludes halogenated alkanes) is 1. The summed E-state index contributed by atoms with van der Waals surface area (Å²) < 4.78 is 2.04. The molecular weight excluding hydrogens is 246 g/mol. The summed E-state index contributed by atoms with van der Waals surface area (Å²) in [6.07, 6.45) is 7.09. The van der Waals surface area contributed by atoms with Gasteiger partial charge in [0, 0.05) is 30.7 Å². The van der Waals surface area contributed by atoms with Crippen LogP contribution in [0.3, 0.4) is 0 Å². The SMILES string of the molecule is CCNC(C)(CO)CCCCSc1nccn1C. The molecule has 4 nitrogen and oxygen atoms in total. The van der Waals surface area contributed by atoms with Crippen LogP contribution in [-0.2, 0) is 7.05 Å². The van der Waals surface area contributed by atoms with Crippen molar-refractivity contribution in [3.05, 3.63) is 12.4 Å². The molecule has 0 bridgehead atoms. The molecule has 1 atom stereocenters. The lowest BCUT2D eigenvalue weighted by Gasteiger charge is -2.28. The third-order valence-electron chi connectivity index (χ3n) is 3.08. The van der Waals surface area contributed by atoms with Crippen molar-refractivity contribution in [2.24, 2.45) is 7.05 Å². The quantitative estimate of drug-likeness (QED) is 0.533. The number of aliphatic hydroxyl groups is 1. The van der Waals surface area contributed by atoms with Crippen molar-refractivity contribution in [2.45, 2.75) is 43.8 Å². The molecule has 2 N–H and O–H groups in total. The number of aromatic nitrogens is 2. The van der Waals surface area contributed by atoms with E-state index in [1.807, 2.05) is 24.0 Å². The van der Waals surface area contributed by atoms with Gasteiger partial charge in [0.25, 0.3) is 0 Å². The zero-order chi connectivity index (χ0) is 13.4. The number of aliphatic hydroxyl groups excluding tert-OH is 1. The van der Waals surface area contributed by atoms with Crippen molar-refractivity contribution in [1.29, 1.82) is 0 Å². The largest absolute Gasteiger partial charge is 0.394 e. The third-order valence-corrected chi connectivity index (χ3v) is 4.23. The molecule has 104 valence electrons. The Balaban J connectivity index is 2.16. The van der Waals surface area contributed by atoms with Gasteiger partial charge in [-0.3, -0.25) is 0 Å². The number of nitrogens with one attached hydrogen (secondary N) is 1. The molecule has 1 heterocycles. The number of imidazole rings is 1. The Kier molecular flexibility index (Phi) is 6.75. The summed E-state index contributed by atoms with van der Waals surface area (Å²) in [6.45, 7) is 5.26. The highest BCUT2D eigenvalue weighted by atomic mass is 32.2. The molecule has 1 aromatic heterocycles. The van der Waals surface area contributed by atoms with E-state index in [0.717, 1.165) is 36.7 Å². The number of likely N-dealkylation sites (N-methyl/N-ethyl adjacent to an activating group) is 1. The van der Waals surface area contributed by atoms with Crippen molar-refractivity contribution in [3.8, 4) is 0 Å². The van der Waals surface area contributed by atoms with E-state index in [4.69, 9.17) is 0 Å². The molecule has 0 amide bonds. The smallest absolute Gasteiger partial charge is 0.167 e. The van der Waals surface area contributed by atoms with E-state index in [0.29, 0.717) is 0 Å². The highest BCUT2D eigenvalue weighted by Crippen LogP contribution is 2.19. The maximum atomic E-state index is 9.38. The van der Waals surface area contributed by atoms with Crippen molar-refractivity contribution in [3.63, 3.8) is 0 Å². The van der Waals surface area contributed by atoms with Gasteiger partial charge in [-0.25, -0.2) is 4.98 Å². The Labute approximate surface area is 114 Å². The van der Waals surface area contributed by atoms with Crippen LogP contribution in [0.15, 0.2) is 17.6 Å². The second kappa shape index (κ2) is 7.81. The van der Waals surface area contributed by atoms with Gasteiger partial charge in [-0.2, -0.15) is 0 Å². The normalized spacial score (nSPS) is 14.7. The van der Waals surface area contributed by atoms with Gasteiger partial charge in [0.2, 0.25) is 0 Å². The highest BCUT2D eigenvalue weighted by Gasteiger charge is 2.20. The van der Waals surface area contributed by atoms with E-state index >= 15 is 0 Å². The predicted octanol–water partition coefficient (Wildman–Crippen LogP) is 2.04. The first-order chi connectivity index (χ1) is 8.61. The molecule has 0 saturated heterocycles. The number of thioether (sulfide) groups is 1. The molecule has 1 unspecified atom stereocenters. The first kappa shape index (κ1) is 15.5. The standard InChI is InChI=1S/C13H25N3OS/c1-4-15-13(2,11-17)7-5-6-10-18-12-14-8-9-16(12)3/h8-9,15,17H,4-7,10-11H2,1-3H3. The topological polar surface area (TPSA) is 50.1 Å². The fourth-order valence-corrected chi connectivity index (χ4v) is 2.85. The average Bonchev–Trinajstić information content (AvgIpc) is 2.75. The lowest BCUT2D eigenvalue weighted by atomic mass is 9.96. The molecule has 0 aliphatic carbocycles. The van der Waals surface area contributed by atoms with E-state index in [1.54, 1.807) is 11.8 Å². The Morgan fingerprint density at radius 2 is 2.28 bits per heavy atom. The minimum Gasteiger partial charge on any atom is -0.394 e. The molecule has 1 rings (SSSR count). The minimum absolute atomic E-state index is 0.122. The van der Waals surface area contributed by atoms with Gasteiger partial charge < -0.3 is 15.0 Å². The molecule has 0 saturated carbocycles. The van der Waals surface area contributed by atoms with Crippen molar-refractivity contribution in [2.75, 3.05) is 18.9 Å². The highest BCUT2D eigenvalue weighted by molar-refractivity contribution is 7.99. The number of hydrogen-bond donors (Lipinski definition) is 2. The van der Waals surface area contributed by atoms with Gasteiger partial charge in [-0.05, 0) is 26.3 Å². The molecule has 0 aromatic carbocycles. The van der Waals surface area contributed by atoms with E-state index < -0.39 is 0 Å². The first-order valence-corrected chi connectivity index (χ1v) is 7.56. The summed E-state index contributed by atoms with van der Waals surface area (Å²) >= 11 is 1.79. The summed E-state index contributed by atoms with van der Waals surface area (Å²) in [5.74, 6) is 1.08.